The van der Waals surface area contributed by atoms with Gasteiger partial charge < -0.3 is 5.73 Å². The van der Waals surface area contributed by atoms with Crippen LogP contribution < -0.4 is 5.73 Å². The lowest BCUT2D eigenvalue weighted by Crippen LogP contribution is -2.04. The Labute approximate surface area is 138 Å². The quantitative estimate of drug-likeness (QED) is 0.673. The van der Waals surface area contributed by atoms with Gasteiger partial charge in [-0.15, -0.1) is 5.10 Å². The average Bonchev–Trinajstić information content (AvgIpc) is 2.85. The molecule has 0 radical (unpaired) electrons. The van der Waals surface area contributed by atoms with Crippen molar-refractivity contribution in [2.45, 2.75) is 6.54 Å². The smallest absolute Gasteiger partial charge is 0.182 e. The van der Waals surface area contributed by atoms with Crippen LogP contribution >= 0.6 is 31.9 Å². The molecule has 3 aromatic rings. The summed E-state index contributed by atoms with van der Waals surface area (Å²) in [5.74, 6) is 0.683. The fourth-order valence-corrected chi connectivity index (χ4v) is 3.03. The fourth-order valence-electron chi connectivity index (χ4n) is 2.07. The van der Waals surface area contributed by atoms with Crippen LogP contribution in [-0.2, 0) is 6.54 Å². The molecule has 0 atom stereocenters. The number of anilines is 1. The van der Waals surface area contributed by atoms with Gasteiger partial charge in [0.1, 0.15) is 0 Å². The van der Waals surface area contributed by atoms with Crippen molar-refractivity contribution in [1.82, 2.24) is 20.2 Å². The van der Waals surface area contributed by atoms with Crippen molar-refractivity contribution < 1.29 is 0 Å². The van der Waals surface area contributed by atoms with E-state index in [0.29, 0.717) is 18.1 Å². The van der Waals surface area contributed by atoms with E-state index in [4.69, 9.17) is 5.73 Å². The zero-order valence-electron chi connectivity index (χ0n) is 10.9. The molecule has 2 aromatic carbocycles. The van der Waals surface area contributed by atoms with E-state index < -0.39 is 0 Å². The van der Waals surface area contributed by atoms with Crippen LogP contribution in [-0.4, -0.2) is 20.2 Å². The number of hydrogen-bond acceptors (Lipinski definition) is 4. The summed E-state index contributed by atoms with van der Waals surface area (Å²) in [6.45, 7) is 0.591. The second-order valence-corrected chi connectivity index (χ2v) is 6.39. The van der Waals surface area contributed by atoms with Gasteiger partial charge in [0.2, 0.25) is 0 Å². The van der Waals surface area contributed by atoms with E-state index in [1.165, 1.54) is 0 Å². The maximum atomic E-state index is 5.87. The highest BCUT2D eigenvalue weighted by Gasteiger charge is 2.11. The van der Waals surface area contributed by atoms with Gasteiger partial charge in [-0.2, -0.15) is 0 Å². The highest BCUT2D eigenvalue weighted by molar-refractivity contribution is 9.10. The van der Waals surface area contributed by atoms with Gasteiger partial charge in [-0.3, -0.25) is 0 Å². The molecule has 1 aromatic heterocycles. The topological polar surface area (TPSA) is 69.6 Å². The first kappa shape index (κ1) is 14.2. The number of benzene rings is 2. The van der Waals surface area contributed by atoms with Crippen molar-refractivity contribution in [2.75, 3.05) is 5.73 Å². The summed E-state index contributed by atoms with van der Waals surface area (Å²) in [6.07, 6.45) is 0. The monoisotopic (exact) mass is 407 g/mol. The minimum absolute atomic E-state index is 0.591. The normalized spacial score (nSPS) is 10.8. The molecule has 0 aliphatic carbocycles. The van der Waals surface area contributed by atoms with Crippen LogP contribution in [0.4, 0.5) is 5.69 Å². The van der Waals surface area contributed by atoms with Gasteiger partial charge in [-0.25, -0.2) is 4.68 Å². The van der Waals surface area contributed by atoms with Crippen molar-refractivity contribution in [2.24, 2.45) is 0 Å². The lowest BCUT2D eigenvalue weighted by atomic mass is 10.2. The zero-order valence-corrected chi connectivity index (χ0v) is 14.0. The first-order valence-corrected chi connectivity index (χ1v) is 7.77. The van der Waals surface area contributed by atoms with Crippen LogP contribution in [0, 0.1) is 0 Å². The largest absolute Gasteiger partial charge is 0.399 e. The van der Waals surface area contributed by atoms with Gasteiger partial charge in [0, 0.05) is 20.2 Å². The number of tetrazole rings is 1. The molecule has 0 unspecified atom stereocenters. The molecule has 3 rings (SSSR count). The molecule has 7 heteroatoms. The van der Waals surface area contributed by atoms with E-state index in [9.17, 15) is 0 Å². The van der Waals surface area contributed by atoms with Crippen molar-refractivity contribution >= 4 is 37.5 Å². The summed E-state index contributed by atoms with van der Waals surface area (Å²) in [5.41, 5.74) is 8.53. The van der Waals surface area contributed by atoms with E-state index in [0.717, 1.165) is 20.1 Å². The van der Waals surface area contributed by atoms with Gasteiger partial charge in [0.05, 0.1) is 6.54 Å². The molecule has 106 valence electrons. The third-order valence-corrected chi connectivity index (χ3v) is 3.88. The van der Waals surface area contributed by atoms with Crippen molar-refractivity contribution in [1.29, 1.82) is 0 Å². The van der Waals surface area contributed by atoms with Crippen LogP contribution in [0.1, 0.15) is 5.56 Å². The Morgan fingerprint density at radius 3 is 2.67 bits per heavy atom. The zero-order chi connectivity index (χ0) is 14.8. The summed E-state index contributed by atoms with van der Waals surface area (Å²) in [5, 5.41) is 11.9. The van der Waals surface area contributed by atoms with Crippen molar-refractivity contribution in [3.63, 3.8) is 0 Å². The van der Waals surface area contributed by atoms with E-state index in [-0.39, 0.29) is 0 Å². The number of rotatable bonds is 3. The number of hydrogen-bond donors (Lipinski definition) is 1. The highest BCUT2D eigenvalue weighted by atomic mass is 79.9. The molecular weight excluding hydrogens is 398 g/mol. The predicted octanol–water partition coefficient (Wildman–Crippen LogP) is 3.50. The van der Waals surface area contributed by atoms with Gasteiger partial charge in [-0.05, 0) is 46.3 Å². The van der Waals surface area contributed by atoms with E-state index >= 15 is 0 Å². The number of halogens is 2. The molecular formula is C14H11Br2N5. The summed E-state index contributed by atoms with van der Waals surface area (Å²) in [6, 6.07) is 13.7. The molecule has 0 bridgehead atoms. The molecule has 0 spiro atoms. The predicted molar refractivity (Wildman–Crippen MR) is 88.6 cm³/mol. The van der Waals surface area contributed by atoms with Crippen LogP contribution in [0.2, 0.25) is 0 Å². The van der Waals surface area contributed by atoms with E-state index in [1.54, 1.807) is 4.68 Å². The van der Waals surface area contributed by atoms with E-state index in [2.05, 4.69) is 47.4 Å². The average molecular weight is 409 g/mol. The standard InChI is InChI=1S/C14H11Br2N5/c15-11-3-1-2-9(4-11)8-21-14(18-19-20-21)10-5-12(16)7-13(17)6-10/h1-7H,8,17H2. The Hall–Kier alpha value is -1.73. The van der Waals surface area contributed by atoms with Crippen molar-refractivity contribution in [3.05, 3.63) is 57.0 Å². The minimum atomic E-state index is 0.591. The van der Waals surface area contributed by atoms with Gasteiger partial charge in [-0.1, -0.05) is 44.0 Å². The first-order valence-electron chi connectivity index (χ1n) is 6.19. The van der Waals surface area contributed by atoms with Crippen molar-refractivity contribution in [3.8, 4) is 11.4 Å². The lowest BCUT2D eigenvalue weighted by Gasteiger charge is -2.06. The molecule has 0 fully saturated rings. The van der Waals surface area contributed by atoms with Crippen LogP contribution in [0.3, 0.4) is 0 Å². The highest BCUT2D eigenvalue weighted by Crippen LogP contribution is 2.25. The molecule has 21 heavy (non-hydrogen) atoms. The van der Waals surface area contributed by atoms with Gasteiger partial charge >= 0.3 is 0 Å². The molecule has 0 aliphatic heterocycles. The lowest BCUT2D eigenvalue weighted by molar-refractivity contribution is 0.653. The van der Waals surface area contributed by atoms with Crippen LogP contribution in [0.5, 0.6) is 0 Å². The first-order chi connectivity index (χ1) is 10.1. The Morgan fingerprint density at radius 2 is 1.90 bits per heavy atom. The molecule has 1 heterocycles. The number of nitrogens with zero attached hydrogens (tertiary/aromatic N) is 4. The number of nitrogens with two attached hydrogens (primary N) is 1. The van der Waals surface area contributed by atoms with Gasteiger partial charge in [0.25, 0.3) is 0 Å². The Morgan fingerprint density at radius 1 is 1.05 bits per heavy atom. The maximum absolute atomic E-state index is 5.87. The summed E-state index contributed by atoms with van der Waals surface area (Å²) in [7, 11) is 0. The summed E-state index contributed by atoms with van der Waals surface area (Å²) >= 11 is 6.90. The molecule has 0 saturated heterocycles. The molecule has 0 amide bonds. The van der Waals surface area contributed by atoms with E-state index in [1.807, 2.05) is 42.5 Å². The fraction of sp³-hybridized carbons (Fsp3) is 0.0714. The number of nitrogen functional groups attached to an aromatic ring is 1. The Balaban J connectivity index is 1.97. The summed E-state index contributed by atoms with van der Waals surface area (Å²) < 4.78 is 3.68. The molecule has 2 N–H and O–H groups in total. The molecule has 5 nitrogen and oxygen atoms in total. The number of aromatic nitrogens is 4. The van der Waals surface area contributed by atoms with Crippen LogP contribution in [0.25, 0.3) is 11.4 Å². The Bertz CT molecular complexity index is 764. The second-order valence-electron chi connectivity index (χ2n) is 4.56. The minimum Gasteiger partial charge on any atom is -0.399 e. The third kappa shape index (κ3) is 3.30. The SMILES string of the molecule is Nc1cc(Br)cc(-c2nnnn2Cc2cccc(Br)c2)c1. The molecule has 0 aliphatic rings. The summed E-state index contributed by atoms with van der Waals surface area (Å²) in [4.78, 5) is 0. The third-order valence-electron chi connectivity index (χ3n) is 2.93. The molecule has 0 saturated carbocycles. The Kier molecular flexibility index (Phi) is 4.03. The second kappa shape index (κ2) is 5.95. The van der Waals surface area contributed by atoms with Gasteiger partial charge in [0.15, 0.2) is 5.82 Å². The van der Waals surface area contributed by atoms with Crippen LogP contribution in [0.15, 0.2) is 51.4 Å². The maximum Gasteiger partial charge on any atom is 0.182 e.